The van der Waals surface area contributed by atoms with Crippen molar-refractivity contribution in [3.63, 3.8) is 0 Å². The zero-order valence-corrected chi connectivity index (χ0v) is 11.1. The molecule has 1 aromatic rings. The van der Waals surface area contributed by atoms with Gasteiger partial charge in [-0.05, 0) is 44.1 Å². The topological polar surface area (TPSA) is 84.2 Å². The monoisotopic (exact) mass is 275 g/mol. The number of amides is 1. The first-order valence-corrected chi connectivity index (χ1v) is 7.19. The smallest absolute Gasteiger partial charge is 0.310 e. The lowest BCUT2D eigenvalue weighted by Gasteiger charge is -2.32. The van der Waals surface area contributed by atoms with Crippen molar-refractivity contribution in [2.45, 2.75) is 44.2 Å². The molecule has 3 saturated carbocycles. The standard InChI is InChI=1S/C14H17N3O3/c18-12(10-4-5-17(16-10)8-2-1-3-8)15-11-7-14(13(19)20)6-9(11)14/h4-5,8-9,11H,1-3,6-7H2,(H,15,18)(H,19,20)/t9-,11+,14-/m0/s1. The van der Waals surface area contributed by atoms with Crippen molar-refractivity contribution in [3.8, 4) is 0 Å². The summed E-state index contributed by atoms with van der Waals surface area (Å²) in [5, 5.41) is 16.3. The van der Waals surface area contributed by atoms with Crippen molar-refractivity contribution < 1.29 is 14.7 Å². The molecule has 0 aromatic carbocycles. The molecule has 3 fully saturated rings. The summed E-state index contributed by atoms with van der Waals surface area (Å²) in [6.45, 7) is 0. The molecule has 0 spiro atoms. The number of aromatic nitrogens is 2. The van der Waals surface area contributed by atoms with Crippen LogP contribution < -0.4 is 5.32 Å². The van der Waals surface area contributed by atoms with Crippen LogP contribution in [0.2, 0.25) is 0 Å². The van der Waals surface area contributed by atoms with Crippen molar-refractivity contribution in [2.75, 3.05) is 0 Å². The summed E-state index contributed by atoms with van der Waals surface area (Å²) >= 11 is 0. The van der Waals surface area contributed by atoms with Gasteiger partial charge in [-0.25, -0.2) is 0 Å². The molecule has 0 unspecified atom stereocenters. The van der Waals surface area contributed by atoms with Crippen LogP contribution >= 0.6 is 0 Å². The van der Waals surface area contributed by atoms with Crippen LogP contribution in [-0.2, 0) is 4.79 Å². The van der Waals surface area contributed by atoms with Gasteiger partial charge in [-0.1, -0.05) is 0 Å². The largest absolute Gasteiger partial charge is 0.481 e. The number of hydrogen-bond donors (Lipinski definition) is 2. The second-order valence-electron chi connectivity index (χ2n) is 6.32. The van der Waals surface area contributed by atoms with E-state index < -0.39 is 11.4 Å². The maximum Gasteiger partial charge on any atom is 0.310 e. The van der Waals surface area contributed by atoms with E-state index >= 15 is 0 Å². The van der Waals surface area contributed by atoms with Crippen molar-refractivity contribution in [2.24, 2.45) is 11.3 Å². The van der Waals surface area contributed by atoms with Gasteiger partial charge in [0, 0.05) is 12.2 Å². The number of nitrogens with zero attached hydrogens (tertiary/aromatic N) is 2. The van der Waals surface area contributed by atoms with Gasteiger partial charge in [0.15, 0.2) is 0 Å². The molecule has 1 heterocycles. The van der Waals surface area contributed by atoms with E-state index in [9.17, 15) is 9.59 Å². The molecule has 6 heteroatoms. The molecule has 3 atom stereocenters. The summed E-state index contributed by atoms with van der Waals surface area (Å²) in [7, 11) is 0. The van der Waals surface area contributed by atoms with Gasteiger partial charge in [-0.15, -0.1) is 0 Å². The highest BCUT2D eigenvalue weighted by atomic mass is 16.4. The molecule has 0 aliphatic heterocycles. The number of carbonyl (C=O) groups is 2. The Morgan fingerprint density at radius 1 is 1.40 bits per heavy atom. The van der Waals surface area contributed by atoms with Gasteiger partial charge in [0.1, 0.15) is 5.69 Å². The van der Waals surface area contributed by atoms with E-state index in [1.807, 2.05) is 10.9 Å². The Hall–Kier alpha value is -1.85. The molecule has 106 valence electrons. The number of aliphatic carboxylic acids is 1. The van der Waals surface area contributed by atoms with Crippen molar-refractivity contribution >= 4 is 11.9 Å². The van der Waals surface area contributed by atoms with Gasteiger partial charge in [0.2, 0.25) is 0 Å². The van der Waals surface area contributed by atoms with Crippen LogP contribution in [0.1, 0.15) is 48.6 Å². The summed E-state index contributed by atoms with van der Waals surface area (Å²) < 4.78 is 1.87. The summed E-state index contributed by atoms with van der Waals surface area (Å²) in [6.07, 6.45) is 6.61. The number of nitrogens with one attached hydrogen (secondary N) is 1. The quantitative estimate of drug-likeness (QED) is 0.864. The third-order valence-corrected chi connectivity index (χ3v) is 5.24. The van der Waals surface area contributed by atoms with Crippen LogP contribution in [0.5, 0.6) is 0 Å². The van der Waals surface area contributed by atoms with Gasteiger partial charge < -0.3 is 10.4 Å². The molecule has 3 aliphatic rings. The van der Waals surface area contributed by atoms with E-state index in [-0.39, 0.29) is 17.9 Å². The van der Waals surface area contributed by atoms with Crippen LogP contribution in [0.3, 0.4) is 0 Å². The first-order chi connectivity index (χ1) is 9.60. The molecular weight excluding hydrogens is 258 g/mol. The Labute approximate surface area is 116 Å². The first-order valence-electron chi connectivity index (χ1n) is 7.19. The van der Waals surface area contributed by atoms with Crippen LogP contribution in [0.15, 0.2) is 12.3 Å². The van der Waals surface area contributed by atoms with Gasteiger partial charge in [0.05, 0.1) is 11.5 Å². The van der Waals surface area contributed by atoms with Gasteiger partial charge >= 0.3 is 5.97 Å². The second-order valence-corrected chi connectivity index (χ2v) is 6.32. The molecule has 6 nitrogen and oxygen atoms in total. The maximum atomic E-state index is 12.1. The summed E-state index contributed by atoms with van der Waals surface area (Å²) in [5.41, 5.74) is -0.0890. The van der Waals surface area contributed by atoms with Crippen molar-refractivity contribution in [3.05, 3.63) is 18.0 Å². The average molecular weight is 275 g/mol. The van der Waals surface area contributed by atoms with E-state index in [4.69, 9.17) is 5.11 Å². The molecule has 1 aromatic heterocycles. The SMILES string of the molecule is O=C(N[C@@H]1C[C@@]2(C(=O)O)C[C@@H]12)c1ccn(C2CCC2)n1. The van der Waals surface area contributed by atoms with Crippen LogP contribution in [-0.4, -0.2) is 32.8 Å². The van der Waals surface area contributed by atoms with Crippen molar-refractivity contribution in [1.29, 1.82) is 0 Å². The zero-order chi connectivity index (χ0) is 13.9. The lowest BCUT2D eigenvalue weighted by Crippen LogP contribution is -2.48. The fourth-order valence-electron chi connectivity index (χ4n) is 3.51. The zero-order valence-electron chi connectivity index (χ0n) is 11.1. The highest BCUT2D eigenvalue weighted by Gasteiger charge is 2.72. The molecule has 2 N–H and O–H groups in total. The number of carboxylic acid groups (broad SMARTS) is 1. The number of carbonyl (C=O) groups excluding carboxylic acids is 1. The fourth-order valence-corrected chi connectivity index (χ4v) is 3.51. The summed E-state index contributed by atoms with van der Waals surface area (Å²) in [6, 6.07) is 2.19. The van der Waals surface area contributed by atoms with E-state index in [0.29, 0.717) is 24.6 Å². The maximum absolute atomic E-state index is 12.1. The Kier molecular flexibility index (Phi) is 2.29. The molecule has 0 saturated heterocycles. The van der Waals surface area contributed by atoms with Crippen LogP contribution in [0.4, 0.5) is 0 Å². The Morgan fingerprint density at radius 2 is 2.20 bits per heavy atom. The average Bonchev–Trinajstić information content (AvgIpc) is 2.71. The number of fused-ring (bicyclic) bond motifs is 1. The predicted molar refractivity (Wildman–Crippen MR) is 69.2 cm³/mol. The van der Waals surface area contributed by atoms with E-state index in [1.54, 1.807) is 6.07 Å². The van der Waals surface area contributed by atoms with Gasteiger partial charge in [0.25, 0.3) is 5.91 Å². The number of hydrogen-bond acceptors (Lipinski definition) is 3. The van der Waals surface area contributed by atoms with E-state index in [1.165, 1.54) is 6.42 Å². The van der Waals surface area contributed by atoms with Crippen LogP contribution in [0, 0.1) is 11.3 Å². The molecule has 4 rings (SSSR count). The normalized spacial score (nSPS) is 34.6. The number of rotatable bonds is 4. The molecule has 0 radical (unpaired) electrons. The number of carboxylic acids is 1. The Balaban J connectivity index is 1.37. The Bertz CT molecular complexity index is 592. The lowest BCUT2D eigenvalue weighted by atomic mass is 9.80. The molecule has 0 bridgehead atoms. The highest BCUT2D eigenvalue weighted by Crippen LogP contribution is 2.67. The Morgan fingerprint density at radius 3 is 2.75 bits per heavy atom. The van der Waals surface area contributed by atoms with Crippen LogP contribution in [0.25, 0.3) is 0 Å². The van der Waals surface area contributed by atoms with Crippen molar-refractivity contribution in [1.82, 2.24) is 15.1 Å². The van der Waals surface area contributed by atoms with Gasteiger partial charge in [-0.3, -0.25) is 14.3 Å². The lowest BCUT2D eigenvalue weighted by molar-refractivity contribution is -0.147. The fraction of sp³-hybridized carbons (Fsp3) is 0.643. The van der Waals surface area contributed by atoms with E-state index in [0.717, 1.165) is 12.8 Å². The predicted octanol–water partition coefficient (Wildman–Crippen LogP) is 1.20. The highest BCUT2D eigenvalue weighted by molar-refractivity contribution is 5.93. The van der Waals surface area contributed by atoms with Gasteiger partial charge in [-0.2, -0.15) is 5.10 Å². The third kappa shape index (κ3) is 1.53. The molecule has 1 amide bonds. The molecule has 20 heavy (non-hydrogen) atoms. The third-order valence-electron chi connectivity index (χ3n) is 5.24. The summed E-state index contributed by atoms with van der Waals surface area (Å²) in [5.74, 6) is -0.779. The first kappa shape index (κ1) is 11.9. The van der Waals surface area contributed by atoms with E-state index in [2.05, 4.69) is 10.4 Å². The second kappa shape index (κ2) is 3.84. The summed E-state index contributed by atoms with van der Waals surface area (Å²) in [4.78, 5) is 23.1. The molecular formula is C14H17N3O3. The minimum Gasteiger partial charge on any atom is -0.481 e. The minimum atomic E-state index is -0.720. The molecule has 3 aliphatic carbocycles. The minimum absolute atomic E-state index is 0.00690.